The van der Waals surface area contributed by atoms with E-state index in [0.717, 1.165) is 31.9 Å². The SMILES string of the molecule is Cc1ccc(S(C)(=O)=O)cc1S(=O)(=O)NC1CCCCC1CN. The lowest BCUT2D eigenvalue weighted by Crippen LogP contribution is -2.44. The van der Waals surface area contributed by atoms with Gasteiger partial charge in [-0.25, -0.2) is 21.6 Å². The van der Waals surface area contributed by atoms with Crippen LogP contribution < -0.4 is 10.5 Å². The molecule has 1 aliphatic rings. The maximum atomic E-state index is 12.7. The summed E-state index contributed by atoms with van der Waals surface area (Å²) in [5.74, 6) is 0.122. The van der Waals surface area contributed by atoms with Gasteiger partial charge in [-0.15, -0.1) is 0 Å². The molecule has 0 saturated heterocycles. The zero-order valence-corrected chi connectivity index (χ0v) is 15.1. The number of nitrogens with two attached hydrogens (primary N) is 1. The predicted molar refractivity (Wildman–Crippen MR) is 89.4 cm³/mol. The van der Waals surface area contributed by atoms with Crippen LogP contribution in [0.15, 0.2) is 28.0 Å². The minimum absolute atomic E-state index is 0.00231. The van der Waals surface area contributed by atoms with Crippen LogP contribution in [0.4, 0.5) is 0 Å². The Labute approximate surface area is 138 Å². The fraction of sp³-hybridized carbons (Fsp3) is 0.600. The first-order valence-corrected chi connectivity index (χ1v) is 11.1. The molecular weight excluding hydrogens is 336 g/mol. The first-order valence-electron chi connectivity index (χ1n) is 7.68. The van der Waals surface area contributed by atoms with Gasteiger partial charge in [-0.05, 0) is 49.9 Å². The highest BCUT2D eigenvalue weighted by atomic mass is 32.2. The van der Waals surface area contributed by atoms with Crippen LogP contribution in [0.1, 0.15) is 31.2 Å². The summed E-state index contributed by atoms with van der Waals surface area (Å²) in [6.07, 6.45) is 4.75. The van der Waals surface area contributed by atoms with E-state index < -0.39 is 19.9 Å². The smallest absolute Gasteiger partial charge is 0.241 e. The molecule has 0 spiro atoms. The fourth-order valence-electron chi connectivity index (χ4n) is 3.01. The van der Waals surface area contributed by atoms with Crippen molar-refractivity contribution in [2.45, 2.75) is 48.4 Å². The van der Waals surface area contributed by atoms with Crippen molar-refractivity contribution in [3.63, 3.8) is 0 Å². The van der Waals surface area contributed by atoms with Gasteiger partial charge < -0.3 is 5.73 Å². The normalized spacial score (nSPS) is 22.9. The quantitative estimate of drug-likeness (QED) is 0.820. The van der Waals surface area contributed by atoms with Gasteiger partial charge in [-0.1, -0.05) is 18.9 Å². The van der Waals surface area contributed by atoms with Gasteiger partial charge >= 0.3 is 0 Å². The molecule has 0 aliphatic heterocycles. The van der Waals surface area contributed by atoms with Crippen molar-refractivity contribution in [2.75, 3.05) is 12.8 Å². The average Bonchev–Trinajstić information content (AvgIpc) is 2.46. The highest BCUT2D eigenvalue weighted by molar-refractivity contribution is 7.91. The summed E-state index contributed by atoms with van der Waals surface area (Å²) in [4.78, 5) is 0.0178. The number of sulfone groups is 1. The maximum Gasteiger partial charge on any atom is 0.241 e. The summed E-state index contributed by atoms with van der Waals surface area (Å²) < 4.78 is 51.5. The molecule has 1 aromatic rings. The molecule has 2 unspecified atom stereocenters. The van der Waals surface area contributed by atoms with E-state index in [4.69, 9.17) is 5.73 Å². The summed E-state index contributed by atoms with van der Waals surface area (Å²) in [6, 6.07) is 3.98. The number of hydrogen-bond acceptors (Lipinski definition) is 5. The minimum atomic E-state index is -3.79. The summed E-state index contributed by atoms with van der Waals surface area (Å²) >= 11 is 0. The lowest BCUT2D eigenvalue weighted by Gasteiger charge is -2.31. The Balaban J connectivity index is 2.36. The largest absolute Gasteiger partial charge is 0.330 e. The van der Waals surface area contributed by atoms with Gasteiger partial charge in [0.1, 0.15) is 0 Å². The minimum Gasteiger partial charge on any atom is -0.330 e. The molecular formula is C15H24N2O4S2. The second-order valence-corrected chi connectivity index (χ2v) is 9.91. The molecule has 0 bridgehead atoms. The van der Waals surface area contributed by atoms with Gasteiger partial charge in [0.15, 0.2) is 9.84 Å². The monoisotopic (exact) mass is 360 g/mol. The van der Waals surface area contributed by atoms with E-state index in [1.54, 1.807) is 6.92 Å². The Bertz CT molecular complexity index is 773. The molecule has 0 heterocycles. The number of nitrogens with one attached hydrogen (secondary N) is 1. The molecule has 130 valence electrons. The van der Waals surface area contributed by atoms with E-state index in [-0.39, 0.29) is 21.8 Å². The number of hydrogen-bond donors (Lipinski definition) is 2. The van der Waals surface area contributed by atoms with E-state index in [1.807, 2.05) is 0 Å². The van der Waals surface area contributed by atoms with Crippen molar-refractivity contribution in [3.8, 4) is 0 Å². The summed E-state index contributed by atoms with van der Waals surface area (Å²) in [6.45, 7) is 2.09. The van der Waals surface area contributed by atoms with Crippen LogP contribution in [-0.2, 0) is 19.9 Å². The van der Waals surface area contributed by atoms with Crippen molar-refractivity contribution in [3.05, 3.63) is 23.8 Å². The third-order valence-corrected chi connectivity index (χ3v) is 7.14. The third kappa shape index (κ3) is 4.32. The molecule has 1 fully saturated rings. The molecule has 0 amide bonds. The first-order chi connectivity index (χ1) is 10.6. The van der Waals surface area contributed by atoms with Gasteiger partial charge in [-0.2, -0.15) is 0 Å². The molecule has 0 aromatic heterocycles. The highest BCUT2D eigenvalue weighted by Crippen LogP contribution is 2.26. The van der Waals surface area contributed by atoms with Gasteiger partial charge in [0, 0.05) is 12.3 Å². The van der Waals surface area contributed by atoms with Crippen molar-refractivity contribution in [2.24, 2.45) is 11.7 Å². The molecule has 8 heteroatoms. The van der Waals surface area contributed by atoms with Gasteiger partial charge in [0.05, 0.1) is 9.79 Å². The lowest BCUT2D eigenvalue weighted by atomic mass is 9.85. The molecule has 0 radical (unpaired) electrons. The number of sulfonamides is 1. The molecule has 23 heavy (non-hydrogen) atoms. The zero-order valence-electron chi connectivity index (χ0n) is 13.4. The summed E-state index contributed by atoms with van der Waals surface area (Å²) in [7, 11) is -7.25. The van der Waals surface area contributed by atoms with Crippen molar-refractivity contribution in [1.29, 1.82) is 0 Å². The topological polar surface area (TPSA) is 106 Å². The van der Waals surface area contributed by atoms with Crippen molar-refractivity contribution < 1.29 is 16.8 Å². The number of benzene rings is 1. The molecule has 2 atom stereocenters. The van der Waals surface area contributed by atoms with Crippen LogP contribution >= 0.6 is 0 Å². The average molecular weight is 361 g/mol. The third-order valence-electron chi connectivity index (χ3n) is 4.40. The van der Waals surface area contributed by atoms with E-state index in [2.05, 4.69) is 4.72 Å². The number of rotatable bonds is 5. The first kappa shape index (κ1) is 18.4. The van der Waals surface area contributed by atoms with E-state index in [0.29, 0.717) is 12.1 Å². The molecule has 1 aliphatic carbocycles. The van der Waals surface area contributed by atoms with Crippen LogP contribution in [0.5, 0.6) is 0 Å². The highest BCUT2D eigenvalue weighted by Gasteiger charge is 2.29. The van der Waals surface area contributed by atoms with E-state index in [1.165, 1.54) is 18.2 Å². The van der Waals surface area contributed by atoms with Crippen LogP contribution in [-0.4, -0.2) is 35.7 Å². The van der Waals surface area contributed by atoms with E-state index in [9.17, 15) is 16.8 Å². The van der Waals surface area contributed by atoms with Crippen LogP contribution in [0.2, 0.25) is 0 Å². The summed E-state index contributed by atoms with van der Waals surface area (Å²) in [5, 5.41) is 0. The van der Waals surface area contributed by atoms with Gasteiger partial charge in [-0.3, -0.25) is 0 Å². The molecule has 1 aromatic carbocycles. The van der Waals surface area contributed by atoms with E-state index >= 15 is 0 Å². The van der Waals surface area contributed by atoms with Crippen LogP contribution in [0, 0.1) is 12.8 Å². The number of aryl methyl sites for hydroxylation is 1. The standard InChI is InChI=1S/C15H24N2O4S2/c1-11-7-8-13(22(2,18)19)9-15(11)23(20,21)17-14-6-4-3-5-12(14)10-16/h7-9,12,14,17H,3-6,10,16H2,1-2H3. The Hall–Kier alpha value is -0.960. The van der Waals surface area contributed by atoms with Crippen molar-refractivity contribution in [1.82, 2.24) is 4.72 Å². The zero-order chi connectivity index (χ0) is 17.3. The molecule has 2 rings (SSSR count). The van der Waals surface area contributed by atoms with Gasteiger partial charge in [0.2, 0.25) is 10.0 Å². The Morgan fingerprint density at radius 2 is 1.83 bits per heavy atom. The molecule has 3 N–H and O–H groups in total. The summed E-state index contributed by atoms with van der Waals surface area (Å²) in [5.41, 5.74) is 6.27. The predicted octanol–water partition coefficient (Wildman–Crippen LogP) is 1.19. The second kappa shape index (κ2) is 6.88. The Morgan fingerprint density at radius 3 is 2.43 bits per heavy atom. The van der Waals surface area contributed by atoms with Crippen LogP contribution in [0.25, 0.3) is 0 Å². The molecule has 6 nitrogen and oxygen atoms in total. The molecule has 1 saturated carbocycles. The van der Waals surface area contributed by atoms with Gasteiger partial charge in [0.25, 0.3) is 0 Å². The lowest BCUT2D eigenvalue weighted by molar-refractivity contribution is 0.296. The second-order valence-electron chi connectivity index (χ2n) is 6.21. The Morgan fingerprint density at radius 1 is 1.17 bits per heavy atom. The Kier molecular flexibility index (Phi) is 5.50. The van der Waals surface area contributed by atoms with Crippen LogP contribution in [0.3, 0.4) is 0 Å². The fourth-order valence-corrected chi connectivity index (χ4v) is 5.34. The maximum absolute atomic E-state index is 12.7. The van der Waals surface area contributed by atoms with Crippen molar-refractivity contribution >= 4 is 19.9 Å².